The van der Waals surface area contributed by atoms with Crippen molar-refractivity contribution >= 4 is 44.5 Å². The van der Waals surface area contributed by atoms with E-state index < -0.39 is 28.4 Å². The molecule has 3 heterocycles. The van der Waals surface area contributed by atoms with Gasteiger partial charge in [-0.3, -0.25) is 24.6 Å². The number of thiophene rings is 1. The number of Topliss-reactive ketones (excluding diaryl/α,β-unsaturated/α-hetero) is 1. The molecule has 0 saturated heterocycles. The van der Waals surface area contributed by atoms with E-state index in [1.54, 1.807) is 29.6 Å². The highest BCUT2D eigenvalue weighted by Gasteiger charge is 2.46. The lowest BCUT2D eigenvalue weighted by Crippen LogP contribution is -2.30. The average Bonchev–Trinajstić information content (AvgIpc) is 3.43. The molecule has 1 atom stereocenters. The van der Waals surface area contributed by atoms with Crippen LogP contribution in [0.25, 0.3) is 0 Å². The molecule has 1 aromatic carbocycles. The second-order valence-electron chi connectivity index (χ2n) is 6.30. The van der Waals surface area contributed by atoms with Crippen molar-refractivity contribution in [1.29, 1.82) is 0 Å². The van der Waals surface area contributed by atoms with Gasteiger partial charge in [-0.05, 0) is 35.3 Å². The maximum atomic E-state index is 13.1. The Bertz CT molecular complexity index is 1150. The maximum Gasteiger partial charge on any atom is 0.345 e. The number of aliphatic hydroxyl groups excluding tert-OH is 1. The number of anilines is 1. The zero-order valence-electron chi connectivity index (χ0n) is 14.9. The molecular weight excluding hydrogens is 414 g/mol. The van der Waals surface area contributed by atoms with Crippen molar-refractivity contribution in [3.8, 4) is 0 Å². The van der Waals surface area contributed by atoms with E-state index in [0.29, 0.717) is 21.8 Å². The van der Waals surface area contributed by atoms with Crippen LogP contribution in [0, 0.1) is 17.0 Å². The number of nitro groups is 1. The second kappa shape index (κ2) is 7.22. The molecule has 0 fully saturated rings. The van der Waals surface area contributed by atoms with Crippen LogP contribution in [0.3, 0.4) is 0 Å². The van der Waals surface area contributed by atoms with Crippen LogP contribution in [0.15, 0.2) is 59.3 Å². The molecule has 1 amide bonds. The number of carbonyl (C=O) groups excluding carboxylic acids is 2. The van der Waals surface area contributed by atoms with E-state index in [1.165, 1.54) is 11.3 Å². The average molecular weight is 427 g/mol. The first-order chi connectivity index (χ1) is 13.9. The molecule has 1 unspecified atom stereocenters. The van der Waals surface area contributed by atoms with Crippen molar-refractivity contribution in [1.82, 2.24) is 4.98 Å². The first-order valence-electron chi connectivity index (χ1n) is 8.40. The van der Waals surface area contributed by atoms with Gasteiger partial charge in [0.2, 0.25) is 5.78 Å². The lowest BCUT2D eigenvalue weighted by molar-refractivity contribution is -0.380. The van der Waals surface area contributed by atoms with E-state index >= 15 is 0 Å². The molecule has 3 aromatic rings. The lowest BCUT2D eigenvalue weighted by atomic mass is 9.95. The van der Waals surface area contributed by atoms with Gasteiger partial charge in [-0.2, -0.15) is 0 Å². The molecule has 146 valence electrons. The Hall–Kier alpha value is -3.37. The van der Waals surface area contributed by atoms with Crippen LogP contribution in [-0.2, 0) is 4.79 Å². The predicted molar refractivity (Wildman–Crippen MR) is 108 cm³/mol. The monoisotopic (exact) mass is 427 g/mol. The molecule has 0 spiro atoms. The van der Waals surface area contributed by atoms with Crippen LogP contribution >= 0.6 is 22.7 Å². The Labute approximate surface area is 172 Å². The molecule has 1 N–H and O–H groups in total. The topological polar surface area (TPSA) is 114 Å². The van der Waals surface area contributed by atoms with Gasteiger partial charge >= 0.3 is 5.00 Å². The second-order valence-corrected chi connectivity index (χ2v) is 8.23. The summed E-state index contributed by atoms with van der Waals surface area (Å²) in [5.41, 5.74) is 1.50. The van der Waals surface area contributed by atoms with Crippen molar-refractivity contribution in [3.63, 3.8) is 0 Å². The highest BCUT2D eigenvalue weighted by Crippen LogP contribution is 2.44. The van der Waals surface area contributed by atoms with Gasteiger partial charge in [0.1, 0.15) is 6.20 Å². The zero-order chi connectivity index (χ0) is 20.7. The van der Waals surface area contributed by atoms with Gasteiger partial charge in [-0.1, -0.05) is 35.9 Å². The Morgan fingerprint density at radius 2 is 2.00 bits per heavy atom. The van der Waals surface area contributed by atoms with E-state index in [2.05, 4.69) is 4.98 Å². The number of aliphatic hydroxyl groups is 1. The third kappa shape index (κ3) is 3.22. The van der Waals surface area contributed by atoms with Gasteiger partial charge in [0, 0.05) is 0 Å². The van der Waals surface area contributed by atoms with Gasteiger partial charge in [0.15, 0.2) is 10.9 Å². The third-order valence-electron chi connectivity index (χ3n) is 4.46. The van der Waals surface area contributed by atoms with Gasteiger partial charge in [-0.25, -0.2) is 4.98 Å². The highest BCUT2D eigenvalue weighted by atomic mass is 32.1. The number of carbonyl (C=O) groups is 2. The molecule has 29 heavy (non-hydrogen) atoms. The maximum absolute atomic E-state index is 13.1. The number of aromatic nitrogens is 1. The number of thiazole rings is 1. The van der Waals surface area contributed by atoms with Crippen LogP contribution in [0.4, 0.5) is 10.1 Å². The minimum atomic E-state index is -0.941. The Balaban J connectivity index is 1.87. The molecule has 0 radical (unpaired) electrons. The summed E-state index contributed by atoms with van der Waals surface area (Å²) in [6.45, 7) is 1.90. The Kier molecular flexibility index (Phi) is 4.73. The molecule has 0 saturated carbocycles. The van der Waals surface area contributed by atoms with E-state index in [-0.39, 0.29) is 15.7 Å². The van der Waals surface area contributed by atoms with Crippen molar-refractivity contribution < 1.29 is 19.6 Å². The molecule has 1 aliphatic heterocycles. The van der Waals surface area contributed by atoms with Crippen LogP contribution in [0.5, 0.6) is 0 Å². The molecule has 8 nitrogen and oxygen atoms in total. The first-order valence-corrected chi connectivity index (χ1v) is 10.1. The Morgan fingerprint density at radius 3 is 2.59 bits per heavy atom. The summed E-state index contributed by atoms with van der Waals surface area (Å²) in [5.74, 6) is -1.96. The minimum absolute atomic E-state index is 0.0350. The van der Waals surface area contributed by atoms with Gasteiger partial charge < -0.3 is 5.11 Å². The van der Waals surface area contributed by atoms with Crippen molar-refractivity contribution in [3.05, 3.63) is 85.4 Å². The fourth-order valence-corrected chi connectivity index (χ4v) is 4.53. The zero-order valence-corrected chi connectivity index (χ0v) is 16.6. The number of amides is 1. The Morgan fingerprint density at radius 1 is 1.28 bits per heavy atom. The number of nitrogens with zero attached hydrogens (tertiary/aromatic N) is 3. The summed E-state index contributed by atoms with van der Waals surface area (Å²) in [5, 5.41) is 23.1. The number of aryl methyl sites for hydroxylation is 1. The summed E-state index contributed by atoms with van der Waals surface area (Å²) in [4.78, 5) is 41.9. The summed E-state index contributed by atoms with van der Waals surface area (Å²) >= 11 is 1.90. The number of ketones is 1. The van der Waals surface area contributed by atoms with E-state index in [9.17, 15) is 24.8 Å². The molecule has 0 aliphatic carbocycles. The van der Waals surface area contributed by atoms with Crippen molar-refractivity contribution in [2.45, 2.75) is 13.0 Å². The first kappa shape index (κ1) is 19.0. The number of benzene rings is 1. The van der Waals surface area contributed by atoms with Crippen LogP contribution in [0.2, 0.25) is 0 Å². The molecule has 10 heteroatoms. The van der Waals surface area contributed by atoms with Crippen molar-refractivity contribution in [2.75, 3.05) is 4.90 Å². The SMILES string of the molecule is Cc1ccc(C2C(C(=O)c3cccs3)=C(O)C(=O)N2c2ncc([N+](=O)[O-])s2)cc1. The summed E-state index contributed by atoms with van der Waals surface area (Å²) in [6.07, 6.45) is 1.05. The number of rotatable bonds is 5. The molecule has 0 bridgehead atoms. The van der Waals surface area contributed by atoms with Crippen LogP contribution in [0.1, 0.15) is 26.8 Å². The van der Waals surface area contributed by atoms with Gasteiger partial charge in [0.05, 0.1) is 21.4 Å². The number of hydrogen-bond acceptors (Lipinski definition) is 8. The normalized spacial score (nSPS) is 16.5. The largest absolute Gasteiger partial charge is 0.503 e. The van der Waals surface area contributed by atoms with E-state index in [0.717, 1.165) is 16.7 Å². The molecule has 4 rings (SSSR count). The standard InChI is InChI=1S/C19H13N3O5S2/c1-10-4-6-11(7-5-10)15-14(16(23)12-3-2-8-28-12)17(24)18(25)21(15)19-20-9-13(29-19)22(26)27/h2-9,15,24H,1H3. The third-order valence-corrected chi connectivity index (χ3v) is 6.28. The minimum Gasteiger partial charge on any atom is -0.503 e. The van der Waals surface area contributed by atoms with Crippen LogP contribution in [-0.4, -0.2) is 26.7 Å². The fraction of sp³-hybridized carbons (Fsp3) is 0.105. The van der Waals surface area contributed by atoms with E-state index in [4.69, 9.17) is 0 Å². The van der Waals surface area contributed by atoms with Gasteiger partial charge in [-0.15, -0.1) is 11.3 Å². The van der Waals surface area contributed by atoms with E-state index in [1.807, 2.05) is 19.1 Å². The molecule has 1 aliphatic rings. The smallest absolute Gasteiger partial charge is 0.345 e. The molecular formula is C19H13N3O5S2. The predicted octanol–water partition coefficient (Wildman–Crippen LogP) is 4.20. The highest BCUT2D eigenvalue weighted by molar-refractivity contribution is 7.18. The fourth-order valence-electron chi connectivity index (χ4n) is 3.09. The summed E-state index contributed by atoms with van der Waals surface area (Å²) < 4.78 is 0. The molecule has 2 aromatic heterocycles. The van der Waals surface area contributed by atoms with Crippen LogP contribution < -0.4 is 4.90 Å². The lowest BCUT2D eigenvalue weighted by Gasteiger charge is -2.24. The van der Waals surface area contributed by atoms with Crippen molar-refractivity contribution in [2.24, 2.45) is 0 Å². The quantitative estimate of drug-likeness (QED) is 0.371. The van der Waals surface area contributed by atoms with Gasteiger partial charge in [0.25, 0.3) is 5.91 Å². The number of hydrogen-bond donors (Lipinski definition) is 1. The summed E-state index contributed by atoms with van der Waals surface area (Å²) in [7, 11) is 0. The summed E-state index contributed by atoms with van der Waals surface area (Å²) in [6, 6.07) is 9.53.